The van der Waals surface area contributed by atoms with Crippen molar-refractivity contribution in [1.29, 1.82) is 0 Å². The highest BCUT2D eigenvalue weighted by atomic mass is 32.1. The lowest BCUT2D eigenvalue weighted by Crippen LogP contribution is -2.31. The Bertz CT molecular complexity index is 910. The number of ether oxygens (including phenoxy) is 3. The Morgan fingerprint density at radius 2 is 1.93 bits per heavy atom. The minimum absolute atomic E-state index is 0.129. The molecule has 1 heterocycles. The molecule has 0 amide bonds. The number of benzene rings is 1. The largest absolute Gasteiger partial charge is 0.497 e. The average Bonchev–Trinajstić information content (AvgIpc) is 3.10. The third kappa shape index (κ3) is 4.64. The Balaban J connectivity index is 1.79. The van der Waals surface area contributed by atoms with E-state index in [-0.39, 0.29) is 12.0 Å². The van der Waals surface area contributed by atoms with Crippen molar-refractivity contribution >= 4 is 39.6 Å². The molecule has 29 heavy (non-hydrogen) atoms. The molecule has 2 N–H and O–H groups in total. The Morgan fingerprint density at radius 3 is 2.62 bits per heavy atom. The van der Waals surface area contributed by atoms with Crippen LogP contribution in [0.25, 0.3) is 0 Å². The van der Waals surface area contributed by atoms with Gasteiger partial charge in [0.25, 0.3) is 0 Å². The number of carbonyl (C=O) groups excluding carboxylic acids is 1. The monoisotopic (exact) mass is 434 g/mol. The number of carbonyl (C=O) groups is 1. The van der Waals surface area contributed by atoms with Crippen molar-refractivity contribution in [2.24, 2.45) is 0 Å². The predicted molar refractivity (Wildman–Crippen MR) is 120 cm³/mol. The highest BCUT2D eigenvalue weighted by Crippen LogP contribution is 2.38. The molecular formula is C21H26N2O4S2. The van der Waals surface area contributed by atoms with Crippen LogP contribution in [0.5, 0.6) is 11.5 Å². The first-order chi connectivity index (χ1) is 14.0. The molecule has 1 aromatic heterocycles. The summed E-state index contributed by atoms with van der Waals surface area (Å²) in [5, 5.41) is 7.67. The molecule has 1 aliphatic rings. The third-order valence-electron chi connectivity index (χ3n) is 5.04. The summed E-state index contributed by atoms with van der Waals surface area (Å²) in [6.07, 6.45) is 4.12. The van der Waals surface area contributed by atoms with Crippen molar-refractivity contribution in [1.82, 2.24) is 5.32 Å². The fourth-order valence-electron chi connectivity index (χ4n) is 3.56. The van der Waals surface area contributed by atoms with Gasteiger partial charge in [-0.05, 0) is 68.6 Å². The summed E-state index contributed by atoms with van der Waals surface area (Å²) < 4.78 is 15.8. The molecule has 0 saturated carbocycles. The van der Waals surface area contributed by atoms with Gasteiger partial charge >= 0.3 is 5.97 Å². The van der Waals surface area contributed by atoms with Gasteiger partial charge in [-0.3, -0.25) is 0 Å². The van der Waals surface area contributed by atoms with Gasteiger partial charge in [0.2, 0.25) is 0 Å². The SMILES string of the molecule is COC(=O)c1c(NC(=S)NC(C)c2cc(OC)ccc2OC)sc2c1CCCC2. The molecule has 1 aliphatic carbocycles. The molecule has 2 aromatic rings. The lowest BCUT2D eigenvalue weighted by Gasteiger charge is -2.20. The highest BCUT2D eigenvalue weighted by molar-refractivity contribution is 7.80. The normalized spacial score (nSPS) is 13.8. The zero-order valence-corrected chi connectivity index (χ0v) is 18.7. The van der Waals surface area contributed by atoms with Crippen molar-refractivity contribution in [3.8, 4) is 11.5 Å². The van der Waals surface area contributed by atoms with Crippen LogP contribution in [0.2, 0.25) is 0 Å². The quantitative estimate of drug-likeness (QED) is 0.513. The molecule has 0 spiro atoms. The van der Waals surface area contributed by atoms with Crippen LogP contribution in [-0.2, 0) is 17.6 Å². The average molecular weight is 435 g/mol. The van der Waals surface area contributed by atoms with Crippen LogP contribution in [0, 0.1) is 0 Å². The number of rotatable bonds is 6. The second kappa shape index (κ2) is 9.45. The second-order valence-corrected chi connectivity index (χ2v) is 8.35. The number of hydrogen-bond donors (Lipinski definition) is 2. The van der Waals surface area contributed by atoms with Crippen LogP contribution in [0.3, 0.4) is 0 Å². The van der Waals surface area contributed by atoms with E-state index in [0.717, 1.165) is 53.3 Å². The first kappa shape index (κ1) is 21.4. The summed E-state index contributed by atoms with van der Waals surface area (Å²) in [6, 6.07) is 5.51. The minimum Gasteiger partial charge on any atom is -0.497 e. The van der Waals surface area contributed by atoms with Gasteiger partial charge in [0.05, 0.1) is 32.9 Å². The van der Waals surface area contributed by atoms with Gasteiger partial charge in [0, 0.05) is 10.4 Å². The topological polar surface area (TPSA) is 68.8 Å². The number of aryl methyl sites for hydroxylation is 1. The van der Waals surface area contributed by atoms with Crippen molar-refractivity contribution in [3.05, 3.63) is 39.8 Å². The van der Waals surface area contributed by atoms with Crippen LogP contribution >= 0.6 is 23.6 Å². The summed E-state index contributed by atoms with van der Waals surface area (Å²) in [7, 11) is 4.67. The third-order valence-corrected chi connectivity index (χ3v) is 6.47. The maximum absolute atomic E-state index is 12.4. The summed E-state index contributed by atoms with van der Waals surface area (Å²) in [6.45, 7) is 1.99. The maximum Gasteiger partial charge on any atom is 0.341 e. The van der Waals surface area contributed by atoms with Crippen LogP contribution < -0.4 is 20.1 Å². The van der Waals surface area contributed by atoms with Crippen molar-refractivity contribution in [3.63, 3.8) is 0 Å². The molecule has 0 bridgehead atoms. The molecule has 1 aromatic carbocycles. The van der Waals surface area contributed by atoms with E-state index in [9.17, 15) is 4.79 Å². The molecular weight excluding hydrogens is 408 g/mol. The molecule has 6 nitrogen and oxygen atoms in total. The van der Waals surface area contributed by atoms with Gasteiger partial charge in [-0.25, -0.2) is 4.79 Å². The minimum atomic E-state index is -0.322. The molecule has 156 valence electrons. The molecule has 1 atom stereocenters. The van der Waals surface area contributed by atoms with Gasteiger partial charge < -0.3 is 24.8 Å². The summed E-state index contributed by atoms with van der Waals surface area (Å²) in [5.74, 6) is 1.17. The fraction of sp³-hybridized carbons (Fsp3) is 0.429. The van der Waals surface area contributed by atoms with Crippen LogP contribution in [-0.4, -0.2) is 32.4 Å². The van der Waals surface area contributed by atoms with E-state index in [1.54, 1.807) is 25.6 Å². The molecule has 8 heteroatoms. The van der Waals surface area contributed by atoms with Gasteiger partial charge in [0.1, 0.15) is 16.5 Å². The highest BCUT2D eigenvalue weighted by Gasteiger charge is 2.26. The Hall–Kier alpha value is -2.32. The second-order valence-electron chi connectivity index (χ2n) is 6.83. The van der Waals surface area contributed by atoms with Gasteiger partial charge in [-0.15, -0.1) is 11.3 Å². The fourth-order valence-corrected chi connectivity index (χ4v) is 5.19. The Morgan fingerprint density at radius 1 is 1.17 bits per heavy atom. The van der Waals surface area contributed by atoms with E-state index >= 15 is 0 Å². The van der Waals surface area contributed by atoms with Crippen LogP contribution in [0.4, 0.5) is 5.00 Å². The van der Waals surface area contributed by atoms with Crippen LogP contribution in [0.1, 0.15) is 52.2 Å². The number of esters is 1. The van der Waals surface area contributed by atoms with Gasteiger partial charge in [-0.1, -0.05) is 0 Å². The molecule has 1 unspecified atom stereocenters. The molecule has 0 saturated heterocycles. The number of thiocarbonyl (C=S) groups is 1. The first-order valence-electron chi connectivity index (χ1n) is 9.50. The van der Waals surface area contributed by atoms with Crippen molar-refractivity contribution < 1.29 is 19.0 Å². The lowest BCUT2D eigenvalue weighted by molar-refractivity contribution is 0.0601. The number of hydrogen-bond acceptors (Lipinski definition) is 6. The lowest BCUT2D eigenvalue weighted by atomic mass is 9.95. The number of anilines is 1. The van der Waals surface area contributed by atoms with E-state index in [1.165, 1.54) is 12.0 Å². The van der Waals surface area contributed by atoms with Gasteiger partial charge in [0.15, 0.2) is 5.11 Å². The summed E-state index contributed by atoms with van der Waals surface area (Å²) in [4.78, 5) is 13.6. The standard InChI is InChI=1S/C21H26N2O4S2/c1-12(15-11-13(25-2)9-10-16(15)26-3)22-21(28)23-19-18(20(24)27-4)14-7-5-6-8-17(14)29-19/h9-12H,5-8H2,1-4H3,(H2,22,23,28). The molecule has 0 aliphatic heterocycles. The zero-order valence-electron chi connectivity index (χ0n) is 17.1. The van der Waals surface area contributed by atoms with Crippen molar-refractivity contribution in [2.75, 3.05) is 26.6 Å². The molecule has 3 rings (SSSR count). The zero-order chi connectivity index (χ0) is 21.0. The predicted octanol–water partition coefficient (Wildman–Crippen LogP) is 4.48. The maximum atomic E-state index is 12.4. The van der Waals surface area contributed by atoms with E-state index in [2.05, 4.69) is 10.6 Å². The number of thiophene rings is 1. The van der Waals surface area contributed by atoms with Crippen LogP contribution in [0.15, 0.2) is 18.2 Å². The van der Waals surface area contributed by atoms with E-state index < -0.39 is 0 Å². The smallest absolute Gasteiger partial charge is 0.341 e. The Labute approximate surface area is 180 Å². The van der Waals surface area contributed by atoms with E-state index in [0.29, 0.717) is 10.7 Å². The molecule has 0 radical (unpaired) electrons. The van der Waals surface area contributed by atoms with E-state index in [4.69, 9.17) is 26.4 Å². The Kier molecular flexibility index (Phi) is 6.97. The molecule has 0 fully saturated rings. The van der Waals surface area contributed by atoms with Crippen molar-refractivity contribution in [2.45, 2.75) is 38.6 Å². The number of fused-ring (bicyclic) bond motifs is 1. The number of nitrogens with one attached hydrogen (secondary N) is 2. The summed E-state index contributed by atoms with van der Waals surface area (Å²) >= 11 is 7.12. The number of methoxy groups -OCH3 is 3. The summed E-state index contributed by atoms with van der Waals surface area (Å²) in [5.41, 5.74) is 2.64. The van der Waals surface area contributed by atoms with Gasteiger partial charge in [-0.2, -0.15) is 0 Å². The first-order valence-corrected chi connectivity index (χ1v) is 10.7. The van der Waals surface area contributed by atoms with E-state index in [1.807, 2.05) is 25.1 Å².